The van der Waals surface area contributed by atoms with Gasteiger partial charge in [0.2, 0.25) is 5.95 Å². The first-order valence-electron chi connectivity index (χ1n) is 13.2. The zero-order chi connectivity index (χ0) is 25.5. The minimum absolute atomic E-state index is 0.0518. The molecule has 0 bridgehead atoms. The maximum Gasteiger partial charge on any atom is 0.231 e. The van der Waals surface area contributed by atoms with Crippen LogP contribution in [-0.2, 0) is 4.74 Å². The second-order valence-corrected chi connectivity index (χ2v) is 9.90. The summed E-state index contributed by atoms with van der Waals surface area (Å²) in [7, 11) is 1.68. The molecule has 2 fully saturated rings. The van der Waals surface area contributed by atoms with Crippen molar-refractivity contribution >= 4 is 39.5 Å². The molecule has 1 saturated heterocycles. The van der Waals surface area contributed by atoms with Gasteiger partial charge in [0.1, 0.15) is 12.0 Å². The number of imidazole rings is 1. The Morgan fingerprint density at radius 2 is 1.87 bits per heavy atom. The van der Waals surface area contributed by atoms with Crippen LogP contribution in [0.5, 0.6) is 5.75 Å². The van der Waals surface area contributed by atoms with E-state index in [1.807, 2.05) is 47.4 Å². The number of nitrogens with one attached hydrogen (secondary N) is 2. The van der Waals surface area contributed by atoms with Gasteiger partial charge in [0.15, 0.2) is 17.0 Å². The SMILES string of the molecule is COc1ccc(-c2ccnc3ccc(Nc4nc(NC5CC5)c5ncn(C6CCCCO6)c5n4)cc23)cc1. The van der Waals surface area contributed by atoms with Gasteiger partial charge < -0.3 is 20.1 Å². The predicted octanol–water partition coefficient (Wildman–Crippen LogP) is 6.07. The lowest BCUT2D eigenvalue weighted by Crippen LogP contribution is -2.18. The molecule has 192 valence electrons. The average molecular weight is 508 g/mol. The first-order chi connectivity index (χ1) is 18.7. The molecule has 0 amide bonds. The molecule has 3 aromatic heterocycles. The third-order valence-electron chi connectivity index (χ3n) is 7.20. The number of fused-ring (bicyclic) bond motifs is 2. The summed E-state index contributed by atoms with van der Waals surface area (Å²) in [6.07, 6.45) is 9.10. The molecule has 1 atom stereocenters. The lowest BCUT2D eigenvalue weighted by atomic mass is 10.0. The molecule has 7 rings (SSSR count). The summed E-state index contributed by atoms with van der Waals surface area (Å²) in [5.41, 5.74) is 5.56. The van der Waals surface area contributed by atoms with E-state index in [9.17, 15) is 0 Å². The summed E-state index contributed by atoms with van der Waals surface area (Å²) in [6, 6.07) is 16.7. The normalized spacial score (nSPS) is 17.6. The number of ether oxygens (including phenoxy) is 2. The molecule has 1 saturated carbocycles. The number of pyridine rings is 1. The van der Waals surface area contributed by atoms with Crippen molar-refractivity contribution < 1.29 is 9.47 Å². The van der Waals surface area contributed by atoms with Crippen LogP contribution in [0.25, 0.3) is 33.2 Å². The van der Waals surface area contributed by atoms with Crippen LogP contribution in [0.2, 0.25) is 0 Å². The Hall–Kier alpha value is -4.24. The lowest BCUT2D eigenvalue weighted by Gasteiger charge is -2.24. The van der Waals surface area contributed by atoms with Crippen molar-refractivity contribution in [1.29, 1.82) is 0 Å². The molecule has 5 aromatic rings. The summed E-state index contributed by atoms with van der Waals surface area (Å²) in [5, 5.41) is 8.03. The number of anilines is 3. The number of methoxy groups -OCH3 is 1. The van der Waals surface area contributed by atoms with E-state index in [0.29, 0.717) is 12.0 Å². The van der Waals surface area contributed by atoms with E-state index in [2.05, 4.69) is 38.8 Å². The first kappa shape index (κ1) is 22.9. The van der Waals surface area contributed by atoms with E-state index in [1.165, 1.54) is 0 Å². The molecule has 1 aliphatic heterocycles. The van der Waals surface area contributed by atoms with E-state index in [4.69, 9.17) is 19.4 Å². The average Bonchev–Trinajstić information content (AvgIpc) is 3.68. The Balaban J connectivity index is 1.27. The van der Waals surface area contributed by atoms with Crippen LogP contribution in [-0.4, -0.2) is 44.3 Å². The molecule has 0 radical (unpaired) electrons. The highest BCUT2D eigenvalue weighted by molar-refractivity contribution is 5.96. The molecule has 1 aliphatic carbocycles. The van der Waals surface area contributed by atoms with E-state index < -0.39 is 0 Å². The monoisotopic (exact) mass is 507 g/mol. The molecule has 2 N–H and O–H groups in total. The van der Waals surface area contributed by atoms with Gasteiger partial charge in [-0.3, -0.25) is 9.55 Å². The third kappa shape index (κ3) is 4.39. The molecule has 0 spiro atoms. The van der Waals surface area contributed by atoms with Crippen LogP contribution in [0.1, 0.15) is 38.3 Å². The van der Waals surface area contributed by atoms with E-state index >= 15 is 0 Å². The Morgan fingerprint density at radius 3 is 2.66 bits per heavy atom. The zero-order valence-electron chi connectivity index (χ0n) is 21.2. The number of rotatable bonds is 7. The summed E-state index contributed by atoms with van der Waals surface area (Å²) >= 11 is 0. The molecule has 4 heterocycles. The Labute approximate surface area is 220 Å². The molecule has 9 heteroatoms. The minimum Gasteiger partial charge on any atom is -0.497 e. The quantitative estimate of drug-likeness (QED) is 0.274. The highest BCUT2D eigenvalue weighted by atomic mass is 16.5. The number of benzene rings is 2. The number of hydrogen-bond acceptors (Lipinski definition) is 8. The minimum atomic E-state index is -0.0518. The van der Waals surface area contributed by atoms with Crippen molar-refractivity contribution in [3.05, 3.63) is 61.1 Å². The van der Waals surface area contributed by atoms with Gasteiger partial charge in [-0.2, -0.15) is 9.97 Å². The molecule has 1 unspecified atom stereocenters. The van der Waals surface area contributed by atoms with Crippen LogP contribution in [0.3, 0.4) is 0 Å². The Morgan fingerprint density at radius 1 is 0.974 bits per heavy atom. The maximum absolute atomic E-state index is 6.05. The smallest absolute Gasteiger partial charge is 0.231 e. The van der Waals surface area contributed by atoms with Gasteiger partial charge in [-0.25, -0.2) is 4.98 Å². The number of aromatic nitrogens is 5. The summed E-state index contributed by atoms with van der Waals surface area (Å²) in [6.45, 7) is 0.759. The van der Waals surface area contributed by atoms with Crippen LogP contribution in [0.15, 0.2) is 61.1 Å². The van der Waals surface area contributed by atoms with Crippen molar-refractivity contribution in [2.75, 3.05) is 24.4 Å². The molecule has 2 aromatic carbocycles. The van der Waals surface area contributed by atoms with Crippen LogP contribution >= 0.6 is 0 Å². The lowest BCUT2D eigenvalue weighted by molar-refractivity contribution is -0.0298. The summed E-state index contributed by atoms with van der Waals surface area (Å²) < 4.78 is 13.4. The molecule has 38 heavy (non-hydrogen) atoms. The summed E-state index contributed by atoms with van der Waals surface area (Å²) in [5.74, 6) is 2.11. The van der Waals surface area contributed by atoms with Crippen LogP contribution < -0.4 is 15.4 Å². The van der Waals surface area contributed by atoms with Gasteiger partial charge in [0, 0.05) is 29.9 Å². The highest BCUT2D eigenvalue weighted by Gasteiger charge is 2.26. The van der Waals surface area contributed by atoms with Gasteiger partial charge in [0.25, 0.3) is 0 Å². The second-order valence-electron chi connectivity index (χ2n) is 9.90. The van der Waals surface area contributed by atoms with E-state index in [-0.39, 0.29) is 6.23 Å². The molecule has 2 aliphatic rings. The highest BCUT2D eigenvalue weighted by Crippen LogP contribution is 2.34. The standard InChI is InChI=1S/C29H29N7O2/c1-37-21-10-5-18(6-11-21)22-13-14-30-24-12-9-20(16-23(22)24)33-29-34-27(32-19-7-8-19)26-28(35-29)36(17-31-26)25-4-2-3-15-38-25/h5-6,9-14,16-17,19,25H,2-4,7-8,15H2,1H3,(H2,32,33,34,35). The number of nitrogens with zero attached hydrogens (tertiary/aromatic N) is 5. The van der Waals surface area contributed by atoms with Gasteiger partial charge in [0.05, 0.1) is 19.0 Å². The summed E-state index contributed by atoms with van der Waals surface area (Å²) in [4.78, 5) is 19.0. The van der Waals surface area contributed by atoms with Crippen molar-refractivity contribution in [3.63, 3.8) is 0 Å². The van der Waals surface area contributed by atoms with Crippen molar-refractivity contribution in [2.45, 2.75) is 44.4 Å². The molecular formula is C29H29N7O2. The van der Waals surface area contributed by atoms with Crippen LogP contribution in [0.4, 0.5) is 17.5 Å². The van der Waals surface area contributed by atoms with Gasteiger partial charge in [-0.1, -0.05) is 12.1 Å². The van der Waals surface area contributed by atoms with Gasteiger partial charge in [-0.05, 0) is 79.6 Å². The third-order valence-corrected chi connectivity index (χ3v) is 7.20. The van der Waals surface area contributed by atoms with Crippen molar-refractivity contribution in [3.8, 4) is 16.9 Å². The Kier molecular flexibility index (Phi) is 5.77. The van der Waals surface area contributed by atoms with Gasteiger partial charge in [-0.15, -0.1) is 0 Å². The fourth-order valence-corrected chi connectivity index (χ4v) is 5.02. The van der Waals surface area contributed by atoms with Crippen LogP contribution in [0, 0.1) is 0 Å². The first-order valence-corrected chi connectivity index (χ1v) is 13.2. The van der Waals surface area contributed by atoms with E-state index in [1.54, 1.807) is 7.11 Å². The van der Waals surface area contributed by atoms with E-state index in [0.717, 1.165) is 89.2 Å². The topological polar surface area (TPSA) is 99.0 Å². The van der Waals surface area contributed by atoms with Crippen molar-refractivity contribution in [1.82, 2.24) is 24.5 Å². The maximum atomic E-state index is 6.05. The molecule has 9 nitrogen and oxygen atoms in total. The Bertz CT molecular complexity index is 1610. The fourth-order valence-electron chi connectivity index (χ4n) is 5.02. The van der Waals surface area contributed by atoms with Crippen molar-refractivity contribution in [2.24, 2.45) is 0 Å². The zero-order valence-corrected chi connectivity index (χ0v) is 21.2. The number of hydrogen-bond donors (Lipinski definition) is 2. The largest absolute Gasteiger partial charge is 0.497 e. The predicted molar refractivity (Wildman–Crippen MR) is 148 cm³/mol. The molecular weight excluding hydrogens is 478 g/mol. The fraction of sp³-hybridized carbons (Fsp3) is 0.310. The van der Waals surface area contributed by atoms with Gasteiger partial charge >= 0.3 is 0 Å². The second kappa shape index (κ2) is 9.57.